The van der Waals surface area contributed by atoms with E-state index in [0.29, 0.717) is 26.5 Å². The van der Waals surface area contributed by atoms with Crippen molar-refractivity contribution in [3.8, 4) is 10.8 Å². The number of aromatic nitrogens is 4. The lowest BCUT2D eigenvalue weighted by Crippen LogP contribution is -2.11. The summed E-state index contributed by atoms with van der Waals surface area (Å²) in [5.74, 6) is 0.307. The largest absolute Gasteiger partial charge is 0.297 e. The number of aryl methyl sites for hydroxylation is 3. The highest BCUT2D eigenvalue weighted by Gasteiger charge is 2.19. The summed E-state index contributed by atoms with van der Waals surface area (Å²) >= 11 is 2.76. The van der Waals surface area contributed by atoms with Gasteiger partial charge in [-0.15, -0.1) is 11.3 Å². The van der Waals surface area contributed by atoms with E-state index < -0.39 is 0 Å². The Morgan fingerprint density at radius 2 is 1.81 bits per heavy atom. The molecule has 1 aromatic carbocycles. The number of hydrogen-bond acceptors (Lipinski definition) is 7. The smallest absolute Gasteiger partial charge is 0.269 e. The van der Waals surface area contributed by atoms with Gasteiger partial charge >= 0.3 is 0 Å². The lowest BCUT2D eigenvalue weighted by molar-refractivity contribution is 0.103. The molecule has 0 fully saturated rings. The summed E-state index contributed by atoms with van der Waals surface area (Å²) < 4.78 is 1.07. The molecule has 3 heterocycles. The molecular weight excluding hydrogens is 366 g/mol. The molecule has 0 unspecified atom stereocenters. The molecule has 0 atom stereocenters. The number of nitrogens with zero attached hydrogens (tertiary/aromatic N) is 4. The van der Waals surface area contributed by atoms with Crippen LogP contribution in [-0.4, -0.2) is 25.8 Å². The van der Waals surface area contributed by atoms with E-state index in [1.807, 2.05) is 13.8 Å². The second-order valence-electron chi connectivity index (χ2n) is 5.91. The highest BCUT2D eigenvalue weighted by atomic mass is 32.1. The van der Waals surface area contributed by atoms with Gasteiger partial charge in [0.15, 0.2) is 16.0 Å². The molecule has 0 saturated heterocycles. The fraction of sp³-hybridized carbons (Fsp3) is 0.167. The van der Waals surface area contributed by atoms with Gasteiger partial charge in [-0.1, -0.05) is 17.4 Å². The number of rotatable bonds is 3. The number of anilines is 1. The van der Waals surface area contributed by atoms with Gasteiger partial charge in [-0.2, -0.15) is 0 Å². The standard InChI is InChI=1S/C18H15N5OS2/c1-9-7-10(2)13-12(8-9)25-18(22-13)23-16(24)14-11(3)21-17(26-14)15-19-5-4-6-20-15/h4-8H,1-3H3,(H,22,23,24). The zero-order valence-electron chi connectivity index (χ0n) is 14.4. The number of fused-ring (bicyclic) bond motifs is 1. The van der Waals surface area contributed by atoms with Gasteiger partial charge in [-0.05, 0) is 44.0 Å². The van der Waals surface area contributed by atoms with Crippen molar-refractivity contribution >= 4 is 43.9 Å². The quantitative estimate of drug-likeness (QED) is 0.569. The molecule has 4 rings (SSSR count). The molecule has 0 aliphatic heterocycles. The minimum Gasteiger partial charge on any atom is -0.297 e. The van der Waals surface area contributed by atoms with E-state index >= 15 is 0 Å². The average Bonchev–Trinajstić information content (AvgIpc) is 3.19. The Morgan fingerprint density at radius 1 is 1.04 bits per heavy atom. The van der Waals surface area contributed by atoms with E-state index in [0.717, 1.165) is 15.8 Å². The summed E-state index contributed by atoms with van der Waals surface area (Å²) in [4.78, 5) is 30.6. The first-order valence-corrected chi connectivity index (χ1v) is 9.58. The summed E-state index contributed by atoms with van der Waals surface area (Å²) in [5.41, 5.74) is 3.87. The molecule has 3 aromatic heterocycles. The van der Waals surface area contributed by atoms with Gasteiger partial charge in [0, 0.05) is 12.4 Å². The third-order valence-corrected chi connectivity index (χ3v) is 5.88. The van der Waals surface area contributed by atoms with E-state index in [9.17, 15) is 4.79 Å². The second kappa shape index (κ2) is 6.54. The third kappa shape index (κ3) is 3.09. The van der Waals surface area contributed by atoms with Crippen molar-refractivity contribution in [2.24, 2.45) is 0 Å². The number of hydrogen-bond donors (Lipinski definition) is 1. The van der Waals surface area contributed by atoms with Gasteiger partial charge in [0.2, 0.25) is 0 Å². The van der Waals surface area contributed by atoms with Crippen molar-refractivity contribution in [1.29, 1.82) is 0 Å². The number of benzene rings is 1. The molecule has 0 aliphatic carbocycles. The van der Waals surface area contributed by atoms with Gasteiger partial charge in [0.1, 0.15) is 4.88 Å². The lowest BCUT2D eigenvalue weighted by Gasteiger charge is -1.98. The highest BCUT2D eigenvalue weighted by Crippen LogP contribution is 2.31. The number of thiazole rings is 2. The van der Waals surface area contributed by atoms with Crippen LogP contribution in [-0.2, 0) is 0 Å². The molecule has 0 saturated carbocycles. The molecule has 130 valence electrons. The minimum atomic E-state index is -0.212. The number of amides is 1. The van der Waals surface area contributed by atoms with Crippen LogP contribution in [0.3, 0.4) is 0 Å². The van der Waals surface area contributed by atoms with Crippen molar-refractivity contribution in [2.75, 3.05) is 5.32 Å². The van der Waals surface area contributed by atoms with E-state index in [2.05, 4.69) is 44.3 Å². The number of carbonyl (C=O) groups excluding carboxylic acids is 1. The lowest BCUT2D eigenvalue weighted by atomic mass is 10.1. The van der Waals surface area contributed by atoms with Crippen LogP contribution < -0.4 is 5.32 Å². The van der Waals surface area contributed by atoms with Crippen LogP contribution >= 0.6 is 22.7 Å². The molecular formula is C18H15N5OS2. The van der Waals surface area contributed by atoms with Gasteiger partial charge in [-0.25, -0.2) is 19.9 Å². The van der Waals surface area contributed by atoms with Crippen molar-refractivity contribution in [1.82, 2.24) is 19.9 Å². The van der Waals surface area contributed by atoms with Crippen LogP contribution in [0.5, 0.6) is 0 Å². The third-order valence-electron chi connectivity index (χ3n) is 3.81. The molecule has 0 bridgehead atoms. The summed E-state index contributed by atoms with van der Waals surface area (Å²) in [6.45, 7) is 5.89. The topological polar surface area (TPSA) is 80.7 Å². The van der Waals surface area contributed by atoms with Crippen molar-refractivity contribution in [2.45, 2.75) is 20.8 Å². The fourth-order valence-electron chi connectivity index (χ4n) is 2.69. The van der Waals surface area contributed by atoms with Crippen LogP contribution in [0.1, 0.15) is 26.5 Å². The number of carbonyl (C=O) groups is 1. The minimum absolute atomic E-state index is 0.212. The van der Waals surface area contributed by atoms with E-state index in [-0.39, 0.29) is 5.91 Å². The number of nitrogens with one attached hydrogen (secondary N) is 1. The maximum atomic E-state index is 12.7. The average molecular weight is 381 g/mol. The van der Waals surface area contributed by atoms with Crippen LogP contribution in [0.2, 0.25) is 0 Å². The highest BCUT2D eigenvalue weighted by molar-refractivity contribution is 7.22. The van der Waals surface area contributed by atoms with E-state index in [4.69, 9.17) is 0 Å². The predicted octanol–water partition coefficient (Wildman–Crippen LogP) is 4.39. The Morgan fingerprint density at radius 3 is 2.58 bits per heavy atom. The van der Waals surface area contributed by atoms with E-state index in [1.54, 1.807) is 18.5 Å². The SMILES string of the molecule is Cc1cc(C)c2nc(NC(=O)c3sc(-c4ncccn4)nc3C)sc2c1. The Labute approximate surface area is 158 Å². The second-order valence-corrected chi connectivity index (χ2v) is 7.94. The Balaban J connectivity index is 1.63. The van der Waals surface area contributed by atoms with Crippen LogP contribution in [0.15, 0.2) is 30.6 Å². The first-order valence-electron chi connectivity index (χ1n) is 7.95. The molecule has 0 aliphatic rings. The van der Waals surface area contributed by atoms with Crippen molar-refractivity contribution in [3.05, 3.63) is 52.3 Å². The van der Waals surface area contributed by atoms with Crippen LogP contribution in [0, 0.1) is 20.8 Å². The molecule has 0 spiro atoms. The summed E-state index contributed by atoms with van der Waals surface area (Å²) in [6.07, 6.45) is 3.31. The normalized spacial score (nSPS) is 11.0. The molecule has 0 radical (unpaired) electrons. The van der Waals surface area contributed by atoms with Gasteiger partial charge in [0.25, 0.3) is 5.91 Å². The van der Waals surface area contributed by atoms with Crippen LogP contribution in [0.25, 0.3) is 21.0 Å². The maximum Gasteiger partial charge on any atom is 0.269 e. The first-order chi connectivity index (χ1) is 12.5. The van der Waals surface area contributed by atoms with Crippen LogP contribution in [0.4, 0.5) is 5.13 Å². The first kappa shape index (κ1) is 16.7. The zero-order chi connectivity index (χ0) is 18.3. The summed E-state index contributed by atoms with van der Waals surface area (Å²) in [5, 5.41) is 4.11. The Hall–Kier alpha value is -2.71. The summed E-state index contributed by atoms with van der Waals surface area (Å²) in [6, 6.07) is 5.92. The monoisotopic (exact) mass is 381 g/mol. The molecule has 6 nitrogen and oxygen atoms in total. The molecule has 8 heteroatoms. The van der Waals surface area contributed by atoms with E-state index in [1.165, 1.54) is 28.2 Å². The molecule has 1 amide bonds. The fourth-order valence-corrected chi connectivity index (χ4v) is 4.64. The van der Waals surface area contributed by atoms with Gasteiger partial charge in [0.05, 0.1) is 15.9 Å². The molecule has 26 heavy (non-hydrogen) atoms. The Kier molecular flexibility index (Phi) is 4.21. The Bertz CT molecular complexity index is 1120. The van der Waals surface area contributed by atoms with Crippen molar-refractivity contribution < 1.29 is 4.79 Å². The van der Waals surface area contributed by atoms with Gasteiger partial charge < -0.3 is 0 Å². The van der Waals surface area contributed by atoms with Gasteiger partial charge in [-0.3, -0.25) is 10.1 Å². The van der Waals surface area contributed by atoms with Crippen molar-refractivity contribution in [3.63, 3.8) is 0 Å². The predicted molar refractivity (Wildman–Crippen MR) is 105 cm³/mol. The summed E-state index contributed by atoms with van der Waals surface area (Å²) in [7, 11) is 0. The zero-order valence-corrected chi connectivity index (χ0v) is 16.0. The molecule has 4 aromatic rings. The maximum absolute atomic E-state index is 12.7. The molecule has 1 N–H and O–H groups in total.